The number of para-hydroxylation sites is 1. The Kier molecular flexibility index (Phi) is 4.47. The number of thiazole rings is 1. The van der Waals surface area contributed by atoms with Gasteiger partial charge in [0.25, 0.3) is 5.91 Å². The molecule has 0 atom stereocenters. The summed E-state index contributed by atoms with van der Waals surface area (Å²) in [5, 5.41) is 2.76. The number of anilines is 1. The second-order valence-corrected chi connectivity index (χ2v) is 7.54. The largest absolute Gasteiger partial charge is 0.373 e. The van der Waals surface area contributed by atoms with Crippen LogP contribution in [0.15, 0.2) is 53.9 Å². The molecule has 5 heteroatoms. The zero-order valence-electron chi connectivity index (χ0n) is 15.0. The van der Waals surface area contributed by atoms with Crippen molar-refractivity contribution in [3.8, 4) is 10.6 Å². The van der Waals surface area contributed by atoms with Crippen molar-refractivity contribution in [2.45, 2.75) is 13.5 Å². The standard InChI is InChI=1S/C21H21N3OS/c1-15-7-9-16(10-8-15)20-22-18(14-26-20)21(25)24-12-11-23(2)19-6-4-3-5-17(19)13-24/h3-10,14H,11-13H2,1-2H3. The number of likely N-dealkylation sites (N-methyl/N-ethyl adjacent to an activating group) is 1. The number of aromatic nitrogens is 1. The van der Waals surface area contributed by atoms with E-state index in [0.29, 0.717) is 18.8 Å². The fourth-order valence-corrected chi connectivity index (χ4v) is 4.03. The molecule has 0 N–H and O–H groups in total. The summed E-state index contributed by atoms with van der Waals surface area (Å²) in [5.41, 5.74) is 5.18. The van der Waals surface area contributed by atoms with Crippen molar-refractivity contribution >= 4 is 22.9 Å². The van der Waals surface area contributed by atoms with E-state index in [-0.39, 0.29) is 5.91 Å². The number of hydrogen-bond donors (Lipinski definition) is 0. The minimum atomic E-state index is 0.00437. The van der Waals surface area contributed by atoms with Crippen LogP contribution >= 0.6 is 11.3 Å². The van der Waals surface area contributed by atoms with Gasteiger partial charge in [0.1, 0.15) is 10.7 Å². The summed E-state index contributed by atoms with van der Waals surface area (Å²) in [6, 6.07) is 16.5. The van der Waals surface area contributed by atoms with E-state index in [1.807, 2.05) is 22.4 Å². The molecule has 0 unspecified atom stereocenters. The molecule has 1 aliphatic heterocycles. The van der Waals surface area contributed by atoms with Crippen molar-refractivity contribution in [2.24, 2.45) is 0 Å². The van der Waals surface area contributed by atoms with Gasteiger partial charge in [0.15, 0.2) is 0 Å². The fraction of sp³-hybridized carbons (Fsp3) is 0.238. The van der Waals surface area contributed by atoms with E-state index in [4.69, 9.17) is 0 Å². The van der Waals surface area contributed by atoms with Gasteiger partial charge in [0.2, 0.25) is 0 Å². The van der Waals surface area contributed by atoms with Crippen molar-refractivity contribution in [1.29, 1.82) is 0 Å². The first-order valence-corrected chi connectivity index (χ1v) is 9.60. The third-order valence-corrected chi connectivity index (χ3v) is 5.67. The average Bonchev–Trinajstić information content (AvgIpc) is 3.08. The Labute approximate surface area is 157 Å². The minimum Gasteiger partial charge on any atom is -0.373 e. The van der Waals surface area contributed by atoms with Gasteiger partial charge < -0.3 is 9.80 Å². The molecule has 2 heterocycles. The van der Waals surface area contributed by atoms with Crippen molar-refractivity contribution in [3.63, 3.8) is 0 Å². The van der Waals surface area contributed by atoms with E-state index in [2.05, 4.69) is 60.3 Å². The highest BCUT2D eigenvalue weighted by atomic mass is 32.1. The van der Waals surface area contributed by atoms with E-state index < -0.39 is 0 Å². The number of fused-ring (bicyclic) bond motifs is 1. The second kappa shape index (κ2) is 6.92. The Morgan fingerprint density at radius 2 is 1.85 bits per heavy atom. The van der Waals surface area contributed by atoms with Crippen molar-refractivity contribution < 1.29 is 4.79 Å². The first-order chi connectivity index (χ1) is 12.6. The summed E-state index contributed by atoms with van der Waals surface area (Å²) in [6.07, 6.45) is 0. The lowest BCUT2D eigenvalue weighted by Crippen LogP contribution is -2.34. The Balaban J connectivity index is 1.57. The fourth-order valence-electron chi connectivity index (χ4n) is 3.23. The van der Waals surface area contributed by atoms with Crippen LogP contribution in [0.5, 0.6) is 0 Å². The molecule has 0 bridgehead atoms. The molecule has 0 fully saturated rings. The van der Waals surface area contributed by atoms with Gasteiger partial charge in [-0.05, 0) is 18.6 Å². The average molecular weight is 363 g/mol. The van der Waals surface area contributed by atoms with Gasteiger partial charge >= 0.3 is 0 Å². The first-order valence-electron chi connectivity index (χ1n) is 8.73. The van der Waals surface area contributed by atoms with E-state index in [9.17, 15) is 4.79 Å². The first kappa shape index (κ1) is 16.8. The topological polar surface area (TPSA) is 36.4 Å². The maximum atomic E-state index is 13.0. The predicted octanol–water partition coefficient (Wildman–Crippen LogP) is 4.21. The number of nitrogens with zero attached hydrogens (tertiary/aromatic N) is 3. The highest BCUT2D eigenvalue weighted by Crippen LogP contribution is 2.27. The number of hydrogen-bond acceptors (Lipinski definition) is 4. The number of aryl methyl sites for hydroxylation is 1. The summed E-state index contributed by atoms with van der Waals surface area (Å²) in [6.45, 7) is 4.20. The molecule has 0 saturated carbocycles. The zero-order valence-corrected chi connectivity index (χ0v) is 15.8. The van der Waals surface area contributed by atoms with E-state index >= 15 is 0 Å². The molecular weight excluding hydrogens is 342 g/mol. The normalized spacial score (nSPS) is 14.1. The Hall–Kier alpha value is -2.66. The Bertz CT molecular complexity index is 932. The van der Waals surface area contributed by atoms with E-state index in [1.165, 1.54) is 28.2 Å². The van der Waals surface area contributed by atoms with Gasteiger partial charge in [-0.2, -0.15) is 0 Å². The van der Waals surface area contributed by atoms with Crippen molar-refractivity contribution in [1.82, 2.24) is 9.88 Å². The Morgan fingerprint density at radius 3 is 2.65 bits per heavy atom. The quantitative estimate of drug-likeness (QED) is 0.684. The third kappa shape index (κ3) is 3.22. The van der Waals surface area contributed by atoms with Crippen LogP contribution in [0.2, 0.25) is 0 Å². The highest BCUT2D eigenvalue weighted by molar-refractivity contribution is 7.13. The molecule has 132 valence electrons. The third-order valence-electron chi connectivity index (χ3n) is 4.78. The number of benzene rings is 2. The maximum absolute atomic E-state index is 13.0. The van der Waals surface area contributed by atoms with Gasteiger partial charge in [-0.3, -0.25) is 4.79 Å². The predicted molar refractivity (Wildman–Crippen MR) is 107 cm³/mol. The SMILES string of the molecule is Cc1ccc(-c2nc(C(=O)N3CCN(C)c4ccccc4C3)cs2)cc1. The van der Waals surface area contributed by atoms with E-state index in [1.54, 1.807) is 0 Å². The van der Waals surface area contributed by atoms with Crippen LogP contribution < -0.4 is 4.90 Å². The molecule has 1 aromatic heterocycles. The van der Waals surface area contributed by atoms with Gasteiger partial charge in [0.05, 0.1) is 0 Å². The molecule has 26 heavy (non-hydrogen) atoms. The van der Waals surface area contributed by atoms with Crippen LogP contribution in [0.4, 0.5) is 5.69 Å². The van der Waals surface area contributed by atoms with Gasteiger partial charge in [0, 0.05) is 43.3 Å². The molecule has 0 aliphatic carbocycles. The van der Waals surface area contributed by atoms with Crippen LogP contribution in [0, 0.1) is 6.92 Å². The zero-order chi connectivity index (χ0) is 18.1. The molecule has 4 rings (SSSR count). The van der Waals surface area contributed by atoms with Crippen LogP contribution in [0.3, 0.4) is 0 Å². The summed E-state index contributed by atoms with van der Waals surface area (Å²) >= 11 is 1.52. The van der Waals surface area contributed by atoms with Crippen molar-refractivity contribution in [3.05, 3.63) is 70.7 Å². The van der Waals surface area contributed by atoms with Gasteiger partial charge in [-0.1, -0.05) is 48.0 Å². The summed E-state index contributed by atoms with van der Waals surface area (Å²) in [4.78, 5) is 21.7. The molecule has 3 aromatic rings. The van der Waals surface area contributed by atoms with Crippen LogP contribution in [-0.4, -0.2) is 35.9 Å². The molecule has 2 aromatic carbocycles. The number of rotatable bonds is 2. The number of amides is 1. The monoisotopic (exact) mass is 363 g/mol. The number of carbonyl (C=O) groups is 1. The molecule has 4 nitrogen and oxygen atoms in total. The van der Waals surface area contributed by atoms with E-state index in [0.717, 1.165) is 17.1 Å². The maximum Gasteiger partial charge on any atom is 0.273 e. The molecular formula is C21H21N3OS. The summed E-state index contributed by atoms with van der Waals surface area (Å²) < 4.78 is 0. The smallest absolute Gasteiger partial charge is 0.273 e. The molecule has 1 aliphatic rings. The summed E-state index contributed by atoms with van der Waals surface area (Å²) in [5.74, 6) is 0.00437. The molecule has 0 radical (unpaired) electrons. The van der Waals surface area contributed by atoms with Crippen molar-refractivity contribution in [2.75, 3.05) is 25.0 Å². The van der Waals surface area contributed by atoms with Crippen LogP contribution in [0.25, 0.3) is 10.6 Å². The van der Waals surface area contributed by atoms with Gasteiger partial charge in [-0.25, -0.2) is 4.98 Å². The molecule has 0 saturated heterocycles. The molecule has 0 spiro atoms. The molecule has 1 amide bonds. The number of carbonyl (C=O) groups excluding carboxylic acids is 1. The van der Waals surface area contributed by atoms with Crippen LogP contribution in [-0.2, 0) is 6.54 Å². The minimum absolute atomic E-state index is 0.00437. The Morgan fingerprint density at radius 1 is 1.08 bits per heavy atom. The van der Waals surface area contributed by atoms with Crippen LogP contribution in [0.1, 0.15) is 21.6 Å². The van der Waals surface area contributed by atoms with Gasteiger partial charge in [-0.15, -0.1) is 11.3 Å². The summed E-state index contributed by atoms with van der Waals surface area (Å²) in [7, 11) is 2.07. The lowest BCUT2D eigenvalue weighted by molar-refractivity contribution is 0.0747. The second-order valence-electron chi connectivity index (χ2n) is 6.68. The lowest BCUT2D eigenvalue weighted by atomic mass is 10.1. The highest BCUT2D eigenvalue weighted by Gasteiger charge is 2.24. The lowest BCUT2D eigenvalue weighted by Gasteiger charge is -2.20.